The van der Waals surface area contributed by atoms with Crippen molar-refractivity contribution in [1.82, 2.24) is 10.2 Å². The monoisotopic (exact) mass is 368 g/mol. The zero-order chi connectivity index (χ0) is 18.5. The summed E-state index contributed by atoms with van der Waals surface area (Å²) in [6.07, 6.45) is 0. The number of carbonyl (C=O) groups excluding carboxylic acids is 1. The normalized spacial score (nSPS) is 14.8. The van der Waals surface area contributed by atoms with Crippen molar-refractivity contribution in [1.29, 1.82) is 0 Å². The molecule has 0 bridgehead atoms. The van der Waals surface area contributed by atoms with E-state index in [2.05, 4.69) is 39.6 Å². The minimum atomic E-state index is -0.208. The molecule has 2 aromatic carbocycles. The fourth-order valence-corrected chi connectivity index (χ4v) is 3.15. The number of benzene rings is 2. The van der Waals surface area contributed by atoms with E-state index >= 15 is 0 Å². The summed E-state index contributed by atoms with van der Waals surface area (Å²) in [4.78, 5) is 16.9. The fraction of sp³-hybridized carbons (Fsp3) is 0.300. The van der Waals surface area contributed by atoms with Gasteiger partial charge in [0.2, 0.25) is 0 Å². The van der Waals surface area contributed by atoms with Crippen molar-refractivity contribution in [3.63, 3.8) is 0 Å². The molecule has 1 heterocycles. The molecule has 5 nitrogen and oxygen atoms in total. The van der Waals surface area contributed by atoms with Crippen molar-refractivity contribution in [2.45, 2.75) is 6.92 Å². The average molecular weight is 369 g/mol. The number of nitrogens with one attached hydrogen (secondary N) is 2. The number of rotatable bonds is 3. The molecule has 0 atom stereocenters. The van der Waals surface area contributed by atoms with Gasteiger partial charge in [-0.05, 0) is 62.6 Å². The van der Waals surface area contributed by atoms with Gasteiger partial charge in [-0.3, -0.25) is 10.1 Å². The van der Waals surface area contributed by atoms with Gasteiger partial charge in [-0.2, -0.15) is 0 Å². The number of likely N-dealkylation sites (N-methyl/N-ethyl adjacent to an activating group) is 1. The molecule has 0 radical (unpaired) electrons. The van der Waals surface area contributed by atoms with Crippen LogP contribution in [0.25, 0.3) is 0 Å². The van der Waals surface area contributed by atoms with Crippen molar-refractivity contribution < 1.29 is 4.79 Å². The third kappa shape index (κ3) is 4.80. The molecule has 1 saturated heterocycles. The molecule has 0 aliphatic carbocycles. The lowest BCUT2D eigenvalue weighted by Gasteiger charge is -2.34. The first-order chi connectivity index (χ1) is 12.5. The Balaban J connectivity index is 1.55. The highest BCUT2D eigenvalue weighted by Gasteiger charge is 2.14. The lowest BCUT2D eigenvalue weighted by molar-refractivity contribution is 0.0977. The van der Waals surface area contributed by atoms with Crippen LogP contribution in [0.15, 0.2) is 48.5 Å². The Morgan fingerprint density at radius 1 is 1.04 bits per heavy atom. The van der Waals surface area contributed by atoms with Crippen LogP contribution in [0.4, 0.5) is 11.4 Å². The lowest BCUT2D eigenvalue weighted by atomic mass is 10.1. The van der Waals surface area contributed by atoms with Gasteiger partial charge >= 0.3 is 0 Å². The van der Waals surface area contributed by atoms with E-state index in [0.29, 0.717) is 10.7 Å². The molecule has 1 aliphatic rings. The number of anilines is 2. The molecule has 2 aromatic rings. The molecule has 6 heteroatoms. The quantitative estimate of drug-likeness (QED) is 0.816. The maximum absolute atomic E-state index is 12.2. The number of piperazine rings is 1. The predicted molar refractivity (Wildman–Crippen MR) is 111 cm³/mol. The van der Waals surface area contributed by atoms with Crippen LogP contribution in [0.1, 0.15) is 15.9 Å². The summed E-state index contributed by atoms with van der Waals surface area (Å²) in [6, 6.07) is 15.6. The highest BCUT2D eigenvalue weighted by Crippen LogP contribution is 2.19. The van der Waals surface area contributed by atoms with E-state index in [9.17, 15) is 4.79 Å². The fourth-order valence-electron chi connectivity index (χ4n) is 2.94. The molecule has 0 spiro atoms. The summed E-state index contributed by atoms with van der Waals surface area (Å²) < 4.78 is 0. The van der Waals surface area contributed by atoms with E-state index in [1.54, 1.807) is 6.07 Å². The number of hydrogen-bond donors (Lipinski definition) is 2. The smallest absolute Gasteiger partial charge is 0.257 e. The minimum Gasteiger partial charge on any atom is -0.369 e. The summed E-state index contributed by atoms with van der Waals surface area (Å²) in [7, 11) is 2.15. The van der Waals surface area contributed by atoms with Gasteiger partial charge in [-0.1, -0.05) is 17.7 Å². The molecule has 1 aliphatic heterocycles. The summed E-state index contributed by atoms with van der Waals surface area (Å²) in [5, 5.41) is 6.08. The van der Waals surface area contributed by atoms with E-state index in [-0.39, 0.29) is 5.91 Å². The predicted octanol–water partition coefficient (Wildman–Crippen LogP) is 2.87. The molecular weight excluding hydrogens is 344 g/mol. The van der Waals surface area contributed by atoms with Gasteiger partial charge in [0.1, 0.15) is 0 Å². The molecule has 136 valence electrons. The Kier molecular flexibility index (Phi) is 5.85. The Labute approximate surface area is 160 Å². The number of aryl methyl sites for hydroxylation is 1. The zero-order valence-electron chi connectivity index (χ0n) is 15.2. The van der Waals surface area contributed by atoms with Crippen LogP contribution in [-0.4, -0.2) is 49.1 Å². The van der Waals surface area contributed by atoms with Crippen LogP contribution >= 0.6 is 12.2 Å². The van der Waals surface area contributed by atoms with Gasteiger partial charge in [0, 0.05) is 43.1 Å². The molecule has 3 rings (SSSR count). The van der Waals surface area contributed by atoms with Crippen molar-refractivity contribution in [2.75, 3.05) is 43.4 Å². The highest BCUT2D eigenvalue weighted by molar-refractivity contribution is 7.80. The SMILES string of the molecule is Cc1cccc(C(=O)NC(=S)Nc2ccc(N3CCN(C)CC3)cc2)c1. The van der Waals surface area contributed by atoms with Gasteiger partial charge in [0.25, 0.3) is 5.91 Å². The van der Waals surface area contributed by atoms with Gasteiger partial charge in [-0.15, -0.1) is 0 Å². The summed E-state index contributed by atoms with van der Waals surface area (Å²) >= 11 is 5.26. The average Bonchev–Trinajstić information content (AvgIpc) is 2.63. The zero-order valence-corrected chi connectivity index (χ0v) is 16.0. The van der Waals surface area contributed by atoms with E-state index in [1.165, 1.54) is 5.69 Å². The maximum atomic E-state index is 12.2. The van der Waals surface area contributed by atoms with Crippen molar-refractivity contribution >= 4 is 34.6 Å². The van der Waals surface area contributed by atoms with Crippen molar-refractivity contribution in [2.24, 2.45) is 0 Å². The van der Waals surface area contributed by atoms with Crippen molar-refractivity contribution in [3.8, 4) is 0 Å². The lowest BCUT2D eigenvalue weighted by Crippen LogP contribution is -2.44. The van der Waals surface area contributed by atoms with Gasteiger partial charge in [-0.25, -0.2) is 0 Å². The second-order valence-corrected chi connectivity index (χ2v) is 7.02. The van der Waals surface area contributed by atoms with Gasteiger partial charge < -0.3 is 15.1 Å². The third-order valence-corrected chi connectivity index (χ3v) is 4.71. The number of nitrogens with zero attached hydrogens (tertiary/aromatic N) is 2. The van der Waals surface area contributed by atoms with E-state index in [0.717, 1.165) is 37.4 Å². The molecular formula is C20H24N4OS. The summed E-state index contributed by atoms with van der Waals surface area (Å²) in [5.74, 6) is -0.208. The van der Waals surface area contributed by atoms with E-state index < -0.39 is 0 Å². The Hall–Kier alpha value is -2.44. The number of amides is 1. The maximum Gasteiger partial charge on any atom is 0.257 e. The molecule has 1 fully saturated rings. The minimum absolute atomic E-state index is 0.208. The number of carbonyl (C=O) groups is 1. The molecule has 1 amide bonds. The first-order valence-corrected chi connectivity index (χ1v) is 9.14. The van der Waals surface area contributed by atoms with E-state index in [1.807, 2.05) is 37.3 Å². The highest BCUT2D eigenvalue weighted by atomic mass is 32.1. The van der Waals surface area contributed by atoms with Crippen molar-refractivity contribution in [3.05, 3.63) is 59.7 Å². The topological polar surface area (TPSA) is 47.6 Å². The molecule has 26 heavy (non-hydrogen) atoms. The number of hydrogen-bond acceptors (Lipinski definition) is 4. The van der Waals surface area contributed by atoms with Crippen LogP contribution < -0.4 is 15.5 Å². The number of thiocarbonyl (C=S) groups is 1. The van der Waals surface area contributed by atoms with Gasteiger partial charge in [0.15, 0.2) is 5.11 Å². The van der Waals surface area contributed by atoms with E-state index in [4.69, 9.17) is 12.2 Å². The summed E-state index contributed by atoms with van der Waals surface area (Å²) in [6.45, 7) is 6.18. The summed E-state index contributed by atoms with van der Waals surface area (Å²) in [5.41, 5.74) is 3.70. The molecule has 2 N–H and O–H groups in total. The first kappa shape index (κ1) is 18.4. The third-order valence-electron chi connectivity index (χ3n) is 4.50. The van der Waals surface area contributed by atoms with Crippen LogP contribution in [-0.2, 0) is 0 Å². The standard InChI is InChI=1S/C20H24N4OS/c1-15-4-3-5-16(14-15)19(25)22-20(26)21-17-6-8-18(9-7-17)24-12-10-23(2)11-13-24/h3-9,14H,10-13H2,1-2H3,(H2,21,22,25,26). The molecule has 0 saturated carbocycles. The van der Waals surface area contributed by atoms with Crippen LogP contribution in [0, 0.1) is 6.92 Å². The van der Waals surface area contributed by atoms with Crippen LogP contribution in [0.5, 0.6) is 0 Å². The van der Waals surface area contributed by atoms with Crippen LogP contribution in [0.3, 0.4) is 0 Å². The van der Waals surface area contributed by atoms with Crippen LogP contribution in [0.2, 0.25) is 0 Å². The second-order valence-electron chi connectivity index (χ2n) is 6.61. The second kappa shape index (κ2) is 8.29. The first-order valence-electron chi connectivity index (χ1n) is 8.74. The Morgan fingerprint density at radius 3 is 2.38 bits per heavy atom. The largest absolute Gasteiger partial charge is 0.369 e. The molecule has 0 aromatic heterocycles. The molecule has 0 unspecified atom stereocenters. The Morgan fingerprint density at radius 2 is 1.73 bits per heavy atom. The van der Waals surface area contributed by atoms with Gasteiger partial charge in [0.05, 0.1) is 0 Å². The Bertz CT molecular complexity index is 783.